The second kappa shape index (κ2) is 10.0. The van der Waals surface area contributed by atoms with Crippen molar-refractivity contribution in [3.8, 4) is 11.5 Å². The van der Waals surface area contributed by atoms with Crippen molar-refractivity contribution in [1.29, 1.82) is 0 Å². The van der Waals surface area contributed by atoms with Crippen LogP contribution in [-0.2, 0) is 11.3 Å². The number of hydrogen-bond acceptors (Lipinski definition) is 5. The summed E-state index contributed by atoms with van der Waals surface area (Å²) >= 11 is 0. The first-order chi connectivity index (χ1) is 14.1. The number of amides is 2. The molecule has 7 nitrogen and oxygen atoms in total. The summed E-state index contributed by atoms with van der Waals surface area (Å²) in [6, 6.07) is 12.4. The van der Waals surface area contributed by atoms with Crippen LogP contribution in [0.3, 0.4) is 0 Å². The monoisotopic (exact) mass is 414 g/mol. The number of rotatable bonds is 7. The summed E-state index contributed by atoms with van der Waals surface area (Å²) in [5.74, 6) is 0.817. The molecule has 0 aromatic heterocycles. The van der Waals surface area contributed by atoms with E-state index in [1.165, 1.54) is 4.90 Å². The fourth-order valence-corrected chi connectivity index (χ4v) is 2.72. The summed E-state index contributed by atoms with van der Waals surface area (Å²) in [4.78, 5) is 26.3. The molecule has 0 radical (unpaired) electrons. The summed E-state index contributed by atoms with van der Waals surface area (Å²) in [6.45, 7) is 8.16. The zero-order valence-electron chi connectivity index (χ0n) is 18.4. The lowest BCUT2D eigenvalue weighted by Gasteiger charge is -2.24. The van der Waals surface area contributed by atoms with Crippen LogP contribution in [-0.4, -0.2) is 43.3 Å². The van der Waals surface area contributed by atoms with Crippen LogP contribution in [0.15, 0.2) is 42.5 Å². The maximum absolute atomic E-state index is 12.7. The van der Waals surface area contributed by atoms with E-state index in [4.69, 9.17) is 14.2 Å². The molecule has 7 heteroatoms. The maximum Gasteiger partial charge on any atom is 0.410 e. The second-order valence-electron chi connectivity index (χ2n) is 7.79. The molecule has 0 saturated carbocycles. The van der Waals surface area contributed by atoms with E-state index in [2.05, 4.69) is 5.32 Å². The van der Waals surface area contributed by atoms with Gasteiger partial charge in [-0.25, -0.2) is 4.79 Å². The fourth-order valence-electron chi connectivity index (χ4n) is 2.72. The number of methoxy groups -OCH3 is 1. The van der Waals surface area contributed by atoms with Crippen LogP contribution in [0.2, 0.25) is 0 Å². The summed E-state index contributed by atoms with van der Waals surface area (Å²) in [7, 11) is 3.23. The molecule has 2 aromatic rings. The van der Waals surface area contributed by atoms with Crippen molar-refractivity contribution in [2.75, 3.05) is 26.1 Å². The highest BCUT2D eigenvalue weighted by Crippen LogP contribution is 2.28. The van der Waals surface area contributed by atoms with Gasteiger partial charge in [0.05, 0.1) is 13.7 Å². The molecule has 0 unspecified atom stereocenters. The lowest BCUT2D eigenvalue weighted by molar-refractivity contribution is 0.0285. The van der Waals surface area contributed by atoms with Gasteiger partial charge in [0.1, 0.15) is 5.60 Å². The highest BCUT2D eigenvalue weighted by atomic mass is 16.6. The van der Waals surface area contributed by atoms with Gasteiger partial charge in [0.2, 0.25) is 0 Å². The van der Waals surface area contributed by atoms with Crippen LogP contribution in [0.25, 0.3) is 0 Å². The first-order valence-electron chi connectivity index (χ1n) is 9.78. The van der Waals surface area contributed by atoms with Crippen molar-refractivity contribution in [2.45, 2.75) is 39.8 Å². The highest BCUT2D eigenvalue weighted by molar-refractivity contribution is 6.04. The van der Waals surface area contributed by atoms with Crippen LogP contribution >= 0.6 is 0 Å². The molecule has 30 heavy (non-hydrogen) atoms. The minimum atomic E-state index is -0.556. The van der Waals surface area contributed by atoms with Crippen molar-refractivity contribution >= 4 is 17.7 Å². The van der Waals surface area contributed by atoms with Gasteiger partial charge >= 0.3 is 6.09 Å². The molecule has 1 N–H and O–H groups in total. The third-order valence-corrected chi connectivity index (χ3v) is 4.04. The van der Waals surface area contributed by atoms with Crippen molar-refractivity contribution < 1.29 is 23.8 Å². The van der Waals surface area contributed by atoms with Crippen LogP contribution < -0.4 is 14.8 Å². The Morgan fingerprint density at radius 2 is 1.80 bits per heavy atom. The van der Waals surface area contributed by atoms with E-state index in [1.54, 1.807) is 38.4 Å². The molecule has 0 bridgehead atoms. The number of carbonyl (C=O) groups is 2. The lowest BCUT2D eigenvalue weighted by Crippen LogP contribution is -2.33. The second-order valence-corrected chi connectivity index (χ2v) is 7.79. The molecule has 0 atom stereocenters. The molecule has 0 aliphatic carbocycles. The fraction of sp³-hybridized carbons (Fsp3) is 0.391. The zero-order chi connectivity index (χ0) is 22.3. The summed E-state index contributed by atoms with van der Waals surface area (Å²) in [5.41, 5.74) is 1.39. The van der Waals surface area contributed by atoms with E-state index in [0.29, 0.717) is 35.9 Å². The Morgan fingerprint density at radius 1 is 1.07 bits per heavy atom. The summed E-state index contributed by atoms with van der Waals surface area (Å²) in [5, 5.41) is 2.88. The maximum atomic E-state index is 12.7. The van der Waals surface area contributed by atoms with Gasteiger partial charge in [-0.3, -0.25) is 4.79 Å². The number of hydrogen-bond donors (Lipinski definition) is 1. The Labute approximate surface area is 177 Å². The Balaban J connectivity index is 2.08. The number of ether oxygens (including phenoxy) is 3. The van der Waals surface area contributed by atoms with Crippen molar-refractivity contribution in [3.05, 3.63) is 53.6 Å². The van der Waals surface area contributed by atoms with Gasteiger partial charge in [-0.05, 0) is 63.6 Å². The van der Waals surface area contributed by atoms with E-state index in [0.717, 1.165) is 5.56 Å². The van der Waals surface area contributed by atoms with Crippen LogP contribution in [0.4, 0.5) is 10.5 Å². The predicted molar refractivity (Wildman–Crippen MR) is 116 cm³/mol. The van der Waals surface area contributed by atoms with Gasteiger partial charge < -0.3 is 24.4 Å². The van der Waals surface area contributed by atoms with E-state index in [9.17, 15) is 9.59 Å². The molecule has 2 rings (SSSR count). The lowest BCUT2D eigenvalue weighted by atomic mass is 10.1. The minimum Gasteiger partial charge on any atom is -0.493 e. The Kier molecular flexibility index (Phi) is 7.69. The van der Waals surface area contributed by atoms with Crippen LogP contribution in [0.5, 0.6) is 11.5 Å². The van der Waals surface area contributed by atoms with Gasteiger partial charge in [-0.15, -0.1) is 0 Å². The minimum absolute atomic E-state index is 0.267. The highest BCUT2D eigenvalue weighted by Gasteiger charge is 2.19. The molecule has 0 aliphatic heterocycles. The summed E-state index contributed by atoms with van der Waals surface area (Å²) < 4.78 is 16.2. The number of nitrogens with zero attached hydrogens (tertiary/aromatic N) is 1. The number of nitrogens with one attached hydrogen (secondary N) is 1. The SMILES string of the molecule is CCOc1cc(C(=O)Nc2cccc(CN(C)C(=O)OC(C)(C)C)c2)ccc1OC. The molecule has 162 valence electrons. The zero-order valence-corrected chi connectivity index (χ0v) is 18.4. The van der Waals surface area contributed by atoms with Crippen LogP contribution in [0, 0.1) is 0 Å². The van der Waals surface area contributed by atoms with Crippen molar-refractivity contribution in [1.82, 2.24) is 4.90 Å². The van der Waals surface area contributed by atoms with Crippen molar-refractivity contribution in [2.24, 2.45) is 0 Å². The number of carbonyl (C=O) groups excluding carboxylic acids is 2. The molecule has 2 aromatic carbocycles. The largest absolute Gasteiger partial charge is 0.493 e. The third-order valence-electron chi connectivity index (χ3n) is 4.04. The molecule has 0 fully saturated rings. The van der Waals surface area contributed by atoms with E-state index < -0.39 is 11.7 Å². The van der Waals surface area contributed by atoms with E-state index >= 15 is 0 Å². The van der Waals surface area contributed by atoms with Crippen molar-refractivity contribution in [3.63, 3.8) is 0 Å². The summed E-state index contributed by atoms with van der Waals surface area (Å²) in [6.07, 6.45) is -0.404. The molecular formula is C23H30N2O5. The Bertz CT molecular complexity index is 889. The first kappa shape index (κ1) is 23.1. The normalized spacial score (nSPS) is 10.9. The number of benzene rings is 2. The smallest absolute Gasteiger partial charge is 0.410 e. The topological polar surface area (TPSA) is 77.1 Å². The quantitative estimate of drug-likeness (QED) is 0.710. The standard InChI is InChI=1S/C23H30N2O5/c1-7-29-20-14-17(11-12-19(20)28-6)21(26)24-18-10-8-9-16(13-18)15-25(5)22(27)30-23(2,3)4/h8-14H,7,15H2,1-6H3,(H,24,26). The van der Waals surface area contributed by atoms with E-state index in [-0.39, 0.29) is 5.91 Å². The molecule has 0 saturated heterocycles. The molecule has 0 aliphatic rings. The Morgan fingerprint density at radius 3 is 2.43 bits per heavy atom. The number of anilines is 1. The molecule has 0 heterocycles. The van der Waals surface area contributed by atoms with Crippen LogP contribution in [0.1, 0.15) is 43.6 Å². The molecule has 0 spiro atoms. The first-order valence-corrected chi connectivity index (χ1v) is 9.78. The predicted octanol–water partition coefficient (Wildman–Crippen LogP) is 4.71. The van der Waals surface area contributed by atoms with Gasteiger partial charge in [0.25, 0.3) is 5.91 Å². The molecular weight excluding hydrogens is 384 g/mol. The van der Waals surface area contributed by atoms with Gasteiger partial charge in [0, 0.05) is 24.8 Å². The van der Waals surface area contributed by atoms with Gasteiger partial charge in [-0.1, -0.05) is 12.1 Å². The van der Waals surface area contributed by atoms with Gasteiger partial charge in [0.15, 0.2) is 11.5 Å². The Hall–Kier alpha value is -3.22. The average Bonchev–Trinajstić information content (AvgIpc) is 2.67. The van der Waals surface area contributed by atoms with E-state index in [1.807, 2.05) is 45.9 Å². The molecule has 2 amide bonds. The third kappa shape index (κ3) is 6.69. The average molecular weight is 415 g/mol. The van der Waals surface area contributed by atoms with Gasteiger partial charge in [-0.2, -0.15) is 0 Å².